The summed E-state index contributed by atoms with van der Waals surface area (Å²) in [5.41, 5.74) is 2.86. The van der Waals surface area contributed by atoms with Gasteiger partial charge in [-0.05, 0) is 38.0 Å². The number of nitrogens with one attached hydrogen (secondary N) is 2. The van der Waals surface area contributed by atoms with Crippen LogP contribution < -0.4 is 10.6 Å². The average molecular weight is 327 g/mol. The monoisotopic (exact) mass is 327 g/mol. The van der Waals surface area contributed by atoms with Crippen molar-refractivity contribution in [3.05, 3.63) is 65.5 Å². The van der Waals surface area contributed by atoms with Crippen LogP contribution in [0.15, 0.2) is 48.5 Å². The summed E-state index contributed by atoms with van der Waals surface area (Å²) in [5, 5.41) is 15.4. The van der Waals surface area contributed by atoms with Crippen LogP contribution in [0.4, 0.5) is 4.79 Å². The van der Waals surface area contributed by atoms with E-state index in [-0.39, 0.29) is 11.9 Å². The van der Waals surface area contributed by atoms with Gasteiger partial charge in [0.1, 0.15) is 0 Å². The molecule has 1 heterocycles. The first-order chi connectivity index (χ1) is 11.5. The van der Waals surface area contributed by atoms with Crippen LogP contribution in [0, 0.1) is 6.92 Å². The fraction of sp³-hybridized carbons (Fsp3) is 0.368. The molecule has 1 aromatic heterocycles. The second-order valence-corrected chi connectivity index (χ2v) is 6.03. The number of rotatable bonds is 7. The number of aromatic nitrogens is 1. The Labute approximate surface area is 143 Å². The van der Waals surface area contributed by atoms with Gasteiger partial charge in [0.05, 0.1) is 18.3 Å². The van der Waals surface area contributed by atoms with Gasteiger partial charge in [0.15, 0.2) is 0 Å². The molecule has 3 N–H and O–H groups in total. The van der Waals surface area contributed by atoms with Gasteiger partial charge in [-0.25, -0.2) is 4.79 Å². The number of hydrogen-bond donors (Lipinski definition) is 3. The van der Waals surface area contributed by atoms with Crippen molar-refractivity contribution in [2.75, 3.05) is 6.54 Å². The van der Waals surface area contributed by atoms with E-state index in [1.807, 2.05) is 55.5 Å². The zero-order valence-electron chi connectivity index (χ0n) is 14.2. The molecule has 24 heavy (non-hydrogen) atoms. The summed E-state index contributed by atoms with van der Waals surface area (Å²) in [6.07, 6.45) is 0.181. The topological polar surface area (TPSA) is 74.2 Å². The van der Waals surface area contributed by atoms with Gasteiger partial charge >= 0.3 is 6.03 Å². The van der Waals surface area contributed by atoms with Gasteiger partial charge in [0.25, 0.3) is 0 Å². The first-order valence-corrected chi connectivity index (χ1v) is 8.22. The largest absolute Gasteiger partial charge is 0.393 e. The maximum Gasteiger partial charge on any atom is 0.315 e. The SMILES string of the molecule is Cc1cccc(CNC(=O)NCC(CC(C)O)c2ccccc2)n1. The molecule has 0 spiro atoms. The molecule has 2 rings (SSSR count). The third-order valence-electron chi connectivity index (χ3n) is 3.78. The summed E-state index contributed by atoms with van der Waals surface area (Å²) in [5.74, 6) is 0.0778. The number of hydrogen-bond acceptors (Lipinski definition) is 3. The van der Waals surface area contributed by atoms with Crippen molar-refractivity contribution in [1.82, 2.24) is 15.6 Å². The number of amides is 2. The highest BCUT2D eigenvalue weighted by Crippen LogP contribution is 2.20. The Bertz CT molecular complexity index is 644. The molecule has 0 bridgehead atoms. The Morgan fingerprint density at radius 2 is 1.88 bits per heavy atom. The summed E-state index contributed by atoms with van der Waals surface area (Å²) < 4.78 is 0. The van der Waals surface area contributed by atoms with Crippen molar-refractivity contribution in [3.63, 3.8) is 0 Å². The summed E-state index contributed by atoms with van der Waals surface area (Å²) in [6.45, 7) is 4.55. The predicted octanol–water partition coefficient (Wildman–Crippen LogP) is 2.74. The van der Waals surface area contributed by atoms with Crippen molar-refractivity contribution >= 4 is 6.03 Å². The van der Waals surface area contributed by atoms with E-state index in [0.29, 0.717) is 19.5 Å². The number of aryl methyl sites for hydroxylation is 1. The van der Waals surface area contributed by atoms with E-state index in [4.69, 9.17) is 0 Å². The molecule has 0 aliphatic carbocycles. The number of nitrogens with zero attached hydrogens (tertiary/aromatic N) is 1. The van der Waals surface area contributed by atoms with Crippen LogP contribution >= 0.6 is 0 Å². The van der Waals surface area contributed by atoms with Crippen molar-refractivity contribution in [2.45, 2.75) is 38.8 Å². The van der Waals surface area contributed by atoms with E-state index in [1.54, 1.807) is 6.92 Å². The number of carbonyl (C=O) groups excluding carboxylic acids is 1. The fourth-order valence-electron chi connectivity index (χ4n) is 2.62. The van der Waals surface area contributed by atoms with E-state index in [9.17, 15) is 9.90 Å². The third-order valence-corrected chi connectivity index (χ3v) is 3.78. The van der Waals surface area contributed by atoms with Crippen molar-refractivity contribution in [1.29, 1.82) is 0 Å². The zero-order chi connectivity index (χ0) is 17.4. The molecule has 0 saturated carbocycles. The van der Waals surface area contributed by atoms with Crippen molar-refractivity contribution in [3.8, 4) is 0 Å². The van der Waals surface area contributed by atoms with Gasteiger partial charge < -0.3 is 15.7 Å². The lowest BCUT2D eigenvalue weighted by Crippen LogP contribution is -2.38. The second kappa shape index (κ2) is 9.03. The van der Waals surface area contributed by atoms with Crippen molar-refractivity contribution < 1.29 is 9.90 Å². The van der Waals surface area contributed by atoms with Crippen LogP contribution in [0.25, 0.3) is 0 Å². The Morgan fingerprint density at radius 3 is 2.54 bits per heavy atom. The summed E-state index contributed by atoms with van der Waals surface area (Å²) >= 11 is 0. The van der Waals surface area contributed by atoms with Gasteiger partial charge in [-0.2, -0.15) is 0 Å². The van der Waals surface area contributed by atoms with E-state index in [1.165, 1.54) is 0 Å². The minimum Gasteiger partial charge on any atom is -0.393 e. The number of aliphatic hydroxyl groups excluding tert-OH is 1. The predicted molar refractivity (Wildman–Crippen MR) is 94.7 cm³/mol. The molecule has 0 aliphatic heterocycles. The van der Waals surface area contributed by atoms with E-state index >= 15 is 0 Å². The van der Waals surface area contributed by atoms with Crippen LogP contribution in [-0.4, -0.2) is 28.8 Å². The van der Waals surface area contributed by atoms with Crippen LogP contribution in [0.5, 0.6) is 0 Å². The molecule has 128 valence electrons. The van der Waals surface area contributed by atoms with Gasteiger partial charge in [-0.15, -0.1) is 0 Å². The zero-order valence-corrected chi connectivity index (χ0v) is 14.2. The molecule has 2 amide bonds. The fourth-order valence-corrected chi connectivity index (χ4v) is 2.62. The second-order valence-electron chi connectivity index (χ2n) is 6.03. The highest BCUT2D eigenvalue weighted by molar-refractivity contribution is 5.73. The van der Waals surface area contributed by atoms with E-state index in [0.717, 1.165) is 17.0 Å². The van der Waals surface area contributed by atoms with Gasteiger partial charge in [-0.1, -0.05) is 36.4 Å². The van der Waals surface area contributed by atoms with Gasteiger partial charge in [0, 0.05) is 18.2 Å². The molecule has 1 aromatic carbocycles. The highest BCUT2D eigenvalue weighted by Gasteiger charge is 2.15. The smallest absolute Gasteiger partial charge is 0.315 e. The van der Waals surface area contributed by atoms with Crippen LogP contribution in [-0.2, 0) is 6.54 Å². The Morgan fingerprint density at radius 1 is 1.12 bits per heavy atom. The highest BCUT2D eigenvalue weighted by atomic mass is 16.3. The maximum absolute atomic E-state index is 12.0. The average Bonchev–Trinajstić information content (AvgIpc) is 2.57. The Balaban J connectivity index is 1.85. The number of benzene rings is 1. The van der Waals surface area contributed by atoms with E-state index < -0.39 is 6.10 Å². The maximum atomic E-state index is 12.0. The summed E-state index contributed by atoms with van der Waals surface area (Å²) in [7, 11) is 0. The molecular formula is C19H25N3O2. The van der Waals surface area contributed by atoms with E-state index in [2.05, 4.69) is 15.6 Å². The first kappa shape index (κ1) is 17.9. The molecule has 0 aliphatic rings. The molecule has 2 aromatic rings. The summed E-state index contributed by atoms with van der Waals surface area (Å²) in [6, 6.07) is 15.4. The van der Waals surface area contributed by atoms with Crippen LogP contribution in [0.2, 0.25) is 0 Å². The number of aliphatic hydroxyl groups is 1. The molecule has 5 nitrogen and oxygen atoms in total. The minimum atomic E-state index is -0.420. The number of carbonyl (C=O) groups is 1. The lowest BCUT2D eigenvalue weighted by molar-refractivity contribution is 0.173. The number of urea groups is 1. The quantitative estimate of drug-likeness (QED) is 0.732. The molecule has 0 radical (unpaired) electrons. The first-order valence-electron chi connectivity index (χ1n) is 8.22. The molecule has 2 atom stereocenters. The van der Waals surface area contributed by atoms with Crippen LogP contribution in [0.3, 0.4) is 0 Å². The lowest BCUT2D eigenvalue weighted by Gasteiger charge is -2.19. The van der Waals surface area contributed by atoms with Gasteiger partial charge in [-0.3, -0.25) is 4.98 Å². The molecule has 0 fully saturated rings. The molecular weight excluding hydrogens is 302 g/mol. The third kappa shape index (κ3) is 6.01. The summed E-state index contributed by atoms with van der Waals surface area (Å²) in [4.78, 5) is 16.4. The number of pyridine rings is 1. The molecule has 0 saturated heterocycles. The Kier molecular flexibility index (Phi) is 6.75. The van der Waals surface area contributed by atoms with Gasteiger partial charge in [0.2, 0.25) is 0 Å². The molecule has 5 heteroatoms. The molecule has 2 unspecified atom stereocenters. The normalized spacial score (nSPS) is 13.1. The minimum absolute atomic E-state index is 0.0778. The Hall–Kier alpha value is -2.40. The standard InChI is InChI=1S/C19H25N3O2/c1-14-7-6-10-18(22-14)13-21-19(24)20-12-17(11-15(2)23)16-8-4-3-5-9-16/h3-10,15,17,23H,11-13H2,1-2H3,(H2,20,21,24). The van der Waals surface area contributed by atoms with Crippen LogP contribution in [0.1, 0.15) is 36.2 Å². The van der Waals surface area contributed by atoms with Crippen molar-refractivity contribution in [2.24, 2.45) is 0 Å². The lowest BCUT2D eigenvalue weighted by atomic mass is 9.93.